The van der Waals surface area contributed by atoms with Gasteiger partial charge in [0.15, 0.2) is 0 Å². The third-order valence-electron chi connectivity index (χ3n) is 4.84. The highest BCUT2D eigenvalue weighted by atomic mass is 16.5. The van der Waals surface area contributed by atoms with E-state index in [1.807, 2.05) is 0 Å². The van der Waals surface area contributed by atoms with E-state index in [9.17, 15) is 14.7 Å². The molecule has 0 spiro atoms. The van der Waals surface area contributed by atoms with Crippen LogP contribution in [-0.2, 0) is 17.7 Å². The Morgan fingerprint density at radius 2 is 1.96 bits per heavy atom. The molecule has 1 aromatic rings. The number of hydrogen-bond acceptors (Lipinski definition) is 4. The number of methoxy groups -OCH3 is 2. The molecule has 1 atom stereocenters. The van der Waals surface area contributed by atoms with Crippen LogP contribution in [0, 0.1) is 0 Å². The van der Waals surface area contributed by atoms with Crippen molar-refractivity contribution < 1.29 is 24.2 Å². The minimum absolute atomic E-state index is 0.0250. The Labute approximate surface area is 140 Å². The summed E-state index contributed by atoms with van der Waals surface area (Å²) in [6, 6.07) is 3.21. The van der Waals surface area contributed by atoms with E-state index in [-0.39, 0.29) is 12.1 Å². The summed E-state index contributed by atoms with van der Waals surface area (Å²) in [6.07, 6.45) is 1.46. The Morgan fingerprint density at radius 1 is 1.17 bits per heavy atom. The Bertz CT molecular complexity index is 661. The maximum absolute atomic E-state index is 12.7. The summed E-state index contributed by atoms with van der Waals surface area (Å²) < 4.78 is 10.7. The van der Waals surface area contributed by atoms with Crippen LogP contribution < -0.4 is 4.74 Å². The van der Waals surface area contributed by atoms with E-state index in [0.29, 0.717) is 43.9 Å². The molecule has 2 aliphatic rings. The van der Waals surface area contributed by atoms with Crippen LogP contribution in [0.3, 0.4) is 0 Å². The molecule has 0 saturated carbocycles. The minimum Gasteiger partial charge on any atom is -0.496 e. The highest BCUT2D eigenvalue weighted by molar-refractivity contribution is 5.90. The number of hydrogen-bond donors (Lipinski definition) is 1. The zero-order valence-electron chi connectivity index (χ0n) is 13.9. The van der Waals surface area contributed by atoms with E-state index < -0.39 is 5.97 Å². The van der Waals surface area contributed by atoms with Crippen LogP contribution in [0.15, 0.2) is 12.1 Å². The summed E-state index contributed by atoms with van der Waals surface area (Å²) >= 11 is 0. The molecular formula is C17H22N2O5. The predicted octanol–water partition coefficient (Wildman–Crippen LogP) is 1.59. The number of aromatic carboxylic acids is 1. The lowest BCUT2D eigenvalue weighted by atomic mass is 9.93. The van der Waals surface area contributed by atoms with Crippen molar-refractivity contribution >= 4 is 12.0 Å². The number of fused-ring (bicyclic) bond motifs is 1. The monoisotopic (exact) mass is 334 g/mol. The molecule has 0 aliphatic carbocycles. The van der Waals surface area contributed by atoms with Gasteiger partial charge in [-0.3, -0.25) is 0 Å². The van der Waals surface area contributed by atoms with E-state index in [4.69, 9.17) is 9.47 Å². The Balaban J connectivity index is 1.82. The molecule has 7 heteroatoms. The minimum atomic E-state index is -0.948. The lowest BCUT2D eigenvalue weighted by molar-refractivity contribution is 0.0694. The number of carboxylic acids is 1. The van der Waals surface area contributed by atoms with E-state index >= 15 is 0 Å². The molecule has 1 saturated heterocycles. The van der Waals surface area contributed by atoms with Crippen molar-refractivity contribution in [3.05, 3.63) is 28.8 Å². The lowest BCUT2D eigenvalue weighted by Crippen LogP contribution is -2.45. The topological polar surface area (TPSA) is 79.3 Å². The van der Waals surface area contributed by atoms with Gasteiger partial charge >= 0.3 is 12.0 Å². The van der Waals surface area contributed by atoms with Crippen LogP contribution in [0.4, 0.5) is 4.79 Å². The first kappa shape index (κ1) is 16.6. The SMILES string of the molecule is COc1ccc(C(=O)O)c2c1CN(C(=O)N1CC[C@H](OC)C1)CC2. The van der Waals surface area contributed by atoms with Crippen LogP contribution in [-0.4, -0.2) is 66.9 Å². The fourth-order valence-electron chi connectivity index (χ4n) is 3.50. The standard InChI is InChI=1S/C17H22N2O5/c1-23-11-5-7-18(9-11)17(22)19-8-6-12-13(16(20)21)3-4-15(24-2)14(12)10-19/h3-4,11H,5-10H2,1-2H3,(H,20,21)/t11-/m0/s1. The first-order valence-electron chi connectivity index (χ1n) is 8.03. The molecule has 0 bridgehead atoms. The molecule has 0 aromatic heterocycles. The van der Waals surface area contributed by atoms with Crippen LogP contribution in [0.2, 0.25) is 0 Å². The number of amides is 2. The maximum atomic E-state index is 12.7. The van der Waals surface area contributed by atoms with Crippen molar-refractivity contribution in [1.29, 1.82) is 0 Å². The summed E-state index contributed by atoms with van der Waals surface area (Å²) in [5.74, 6) is -0.320. The first-order valence-corrected chi connectivity index (χ1v) is 8.03. The molecule has 1 aromatic carbocycles. The third kappa shape index (κ3) is 2.91. The molecule has 1 N–H and O–H groups in total. The molecule has 2 aliphatic heterocycles. The highest BCUT2D eigenvalue weighted by Gasteiger charge is 2.32. The van der Waals surface area contributed by atoms with Crippen molar-refractivity contribution in [3.63, 3.8) is 0 Å². The first-order chi connectivity index (χ1) is 11.5. The van der Waals surface area contributed by atoms with Gasteiger partial charge in [0.05, 0.1) is 25.3 Å². The van der Waals surface area contributed by atoms with E-state index in [0.717, 1.165) is 17.5 Å². The maximum Gasteiger partial charge on any atom is 0.335 e. The van der Waals surface area contributed by atoms with Crippen LogP contribution in [0.25, 0.3) is 0 Å². The Hall–Kier alpha value is -2.28. The van der Waals surface area contributed by atoms with Gasteiger partial charge in [-0.05, 0) is 30.5 Å². The van der Waals surface area contributed by atoms with Crippen LogP contribution in [0.1, 0.15) is 27.9 Å². The van der Waals surface area contributed by atoms with Crippen molar-refractivity contribution in [2.45, 2.75) is 25.5 Å². The Morgan fingerprint density at radius 3 is 2.58 bits per heavy atom. The summed E-state index contributed by atoms with van der Waals surface area (Å²) in [6.45, 7) is 2.16. The molecule has 24 heavy (non-hydrogen) atoms. The molecule has 2 heterocycles. The quantitative estimate of drug-likeness (QED) is 0.908. The second-order valence-electron chi connectivity index (χ2n) is 6.12. The van der Waals surface area contributed by atoms with Gasteiger partial charge in [0.2, 0.25) is 0 Å². The van der Waals surface area contributed by atoms with E-state index in [1.54, 1.807) is 36.2 Å². The van der Waals surface area contributed by atoms with Gasteiger partial charge in [0.1, 0.15) is 5.75 Å². The second-order valence-corrected chi connectivity index (χ2v) is 6.12. The summed E-state index contributed by atoms with van der Waals surface area (Å²) in [7, 11) is 3.22. The number of carbonyl (C=O) groups is 2. The number of urea groups is 1. The summed E-state index contributed by atoms with van der Waals surface area (Å²) in [4.78, 5) is 27.7. The van der Waals surface area contributed by atoms with Gasteiger partial charge in [-0.25, -0.2) is 9.59 Å². The molecule has 130 valence electrons. The van der Waals surface area contributed by atoms with Crippen molar-refractivity contribution in [3.8, 4) is 5.75 Å². The van der Waals surface area contributed by atoms with Crippen LogP contribution >= 0.6 is 0 Å². The normalized spacial score (nSPS) is 20.0. The van der Waals surface area contributed by atoms with Crippen LogP contribution in [0.5, 0.6) is 5.75 Å². The largest absolute Gasteiger partial charge is 0.496 e. The summed E-state index contributed by atoms with van der Waals surface area (Å²) in [5.41, 5.74) is 1.85. The second kappa shape index (κ2) is 6.68. The number of carbonyl (C=O) groups excluding carboxylic acids is 1. The number of rotatable bonds is 3. The summed E-state index contributed by atoms with van der Waals surface area (Å²) in [5, 5.41) is 9.36. The predicted molar refractivity (Wildman–Crippen MR) is 86.5 cm³/mol. The van der Waals surface area contributed by atoms with Gasteiger partial charge in [0.25, 0.3) is 0 Å². The van der Waals surface area contributed by atoms with Crippen molar-refractivity contribution in [1.82, 2.24) is 9.80 Å². The molecule has 0 radical (unpaired) electrons. The van der Waals surface area contributed by atoms with Gasteiger partial charge in [-0.1, -0.05) is 0 Å². The highest BCUT2D eigenvalue weighted by Crippen LogP contribution is 2.31. The number of nitrogens with zero attached hydrogens (tertiary/aromatic N) is 2. The molecule has 3 rings (SSSR count). The molecule has 1 fully saturated rings. The third-order valence-corrected chi connectivity index (χ3v) is 4.84. The fourth-order valence-corrected chi connectivity index (χ4v) is 3.50. The zero-order valence-corrected chi connectivity index (χ0v) is 13.9. The van der Waals surface area contributed by atoms with Gasteiger partial charge in [-0.2, -0.15) is 0 Å². The Kier molecular flexibility index (Phi) is 4.62. The molecule has 7 nitrogen and oxygen atoms in total. The van der Waals surface area contributed by atoms with E-state index in [1.165, 1.54) is 0 Å². The number of carboxylic acid groups (broad SMARTS) is 1. The lowest BCUT2D eigenvalue weighted by Gasteiger charge is -2.33. The molecule has 0 unspecified atom stereocenters. The van der Waals surface area contributed by atoms with Gasteiger partial charge in [-0.15, -0.1) is 0 Å². The molecule has 2 amide bonds. The average Bonchev–Trinajstić information content (AvgIpc) is 3.08. The molecular weight excluding hydrogens is 312 g/mol. The number of ether oxygens (including phenoxy) is 2. The average molecular weight is 334 g/mol. The number of likely N-dealkylation sites (tertiary alicyclic amines) is 1. The van der Waals surface area contributed by atoms with Gasteiger partial charge in [0, 0.05) is 32.3 Å². The smallest absolute Gasteiger partial charge is 0.335 e. The fraction of sp³-hybridized carbons (Fsp3) is 0.529. The van der Waals surface area contributed by atoms with Crippen molar-refractivity contribution in [2.75, 3.05) is 33.9 Å². The number of benzene rings is 1. The van der Waals surface area contributed by atoms with Gasteiger partial charge < -0.3 is 24.4 Å². The zero-order chi connectivity index (χ0) is 17.3. The van der Waals surface area contributed by atoms with Crippen molar-refractivity contribution in [2.24, 2.45) is 0 Å². The van der Waals surface area contributed by atoms with E-state index in [2.05, 4.69) is 0 Å².